The zero-order valence-corrected chi connectivity index (χ0v) is 15.9. The minimum absolute atomic E-state index is 0. The topological polar surface area (TPSA) is 79.4 Å². The molecule has 25 heavy (non-hydrogen) atoms. The van der Waals surface area contributed by atoms with Gasteiger partial charge in [-0.1, -0.05) is 18.9 Å². The maximum absolute atomic E-state index is 12.7. The SMILES string of the molecule is Cl.O=C(CCS(=O)(=O)C1CCCC1)N1CCNCC1c1cccnc1. The summed E-state index contributed by atoms with van der Waals surface area (Å²) in [6.07, 6.45) is 7.03. The Morgan fingerprint density at radius 2 is 2.08 bits per heavy atom. The first-order valence-electron chi connectivity index (χ1n) is 8.69. The monoisotopic (exact) mass is 387 g/mol. The molecular weight excluding hydrogens is 362 g/mol. The van der Waals surface area contributed by atoms with Crippen molar-refractivity contribution in [2.45, 2.75) is 43.4 Å². The predicted molar refractivity (Wildman–Crippen MR) is 99.5 cm³/mol. The van der Waals surface area contributed by atoms with Gasteiger partial charge in [0.25, 0.3) is 0 Å². The Morgan fingerprint density at radius 1 is 1.32 bits per heavy atom. The van der Waals surface area contributed by atoms with Crippen molar-refractivity contribution in [2.24, 2.45) is 0 Å². The molecule has 140 valence electrons. The Labute approximate surface area is 155 Å². The molecule has 0 spiro atoms. The molecule has 3 rings (SSSR count). The number of rotatable bonds is 5. The molecule has 2 aliphatic rings. The fourth-order valence-electron chi connectivity index (χ4n) is 3.66. The van der Waals surface area contributed by atoms with Crippen LogP contribution >= 0.6 is 12.4 Å². The van der Waals surface area contributed by atoms with Gasteiger partial charge in [0.15, 0.2) is 9.84 Å². The lowest BCUT2D eigenvalue weighted by Crippen LogP contribution is -2.49. The maximum Gasteiger partial charge on any atom is 0.224 e. The number of nitrogens with one attached hydrogen (secondary N) is 1. The highest BCUT2D eigenvalue weighted by molar-refractivity contribution is 7.92. The second kappa shape index (κ2) is 8.96. The molecule has 1 saturated carbocycles. The fourth-order valence-corrected chi connectivity index (χ4v) is 5.51. The molecule has 1 N–H and O–H groups in total. The average molecular weight is 388 g/mol. The van der Waals surface area contributed by atoms with Gasteiger partial charge >= 0.3 is 0 Å². The first-order valence-corrected chi connectivity index (χ1v) is 10.4. The van der Waals surface area contributed by atoms with Crippen molar-refractivity contribution in [3.05, 3.63) is 30.1 Å². The summed E-state index contributed by atoms with van der Waals surface area (Å²) in [4.78, 5) is 18.6. The second-order valence-electron chi connectivity index (χ2n) is 6.62. The number of sulfone groups is 1. The number of pyridine rings is 1. The number of aromatic nitrogens is 1. The molecule has 0 radical (unpaired) electrons. The first-order chi connectivity index (χ1) is 11.6. The molecule has 1 saturated heterocycles. The van der Waals surface area contributed by atoms with Crippen molar-refractivity contribution >= 4 is 28.2 Å². The average Bonchev–Trinajstić information content (AvgIpc) is 3.16. The Kier molecular flexibility index (Phi) is 7.22. The Bertz CT molecular complexity index is 663. The molecule has 1 aliphatic carbocycles. The molecular formula is C17H26ClN3O3S. The Morgan fingerprint density at radius 3 is 2.76 bits per heavy atom. The summed E-state index contributed by atoms with van der Waals surface area (Å²) in [5.74, 6) is -0.105. The van der Waals surface area contributed by atoms with E-state index in [2.05, 4.69) is 10.3 Å². The summed E-state index contributed by atoms with van der Waals surface area (Å²) in [5, 5.41) is 3.06. The van der Waals surface area contributed by atoms with E-state index in [0.717, 1.165) is 37.8 Å². The smallest absolute Gasteiger partial charge is 0.224 e. The molecule has 0 bridgehead atoms. The van der Waals surface area contributed by atoms with Crippen molar-refractivity contribution < 1.29 is 13.2 Å². The van der Waals surface area contributed by atoms with E-state index in [1.54, 1.807) is 17.3 Å². The highest BCUT2D eigenvalue weighted by atomic mass is 35.5. The van der Waals surface area contributed by atoms with Crippen LogP contribution < -0.4 is 5.32 Å². The Balaban J connectivity index is 0.00000225. The normalized spacial score (nSPS) is 21.8. The lowest BCUT2D eigenvalue weighted by molar-refractivity contribution is -0.134. The van der Waals surface area contributed by atoms with Crippen LogP contribution in [-0.2, 0) is 14.6 Å². The summed E-state index contributed by atoms with van der Waals surface area (Å²) in [6.45, 7) is 2.01. The number of nitrogens with zero attached hydrogens (tertiary/aromatic N) is 2. The van der Waals surface area contributed by atoms with E-state index in [0.29, 0.717) is 13.1 Å². The summed E-state index contributed by atoms with van der Waals surface area (Å²) < 4.78 is 24.8. The van der Waals surface area contributed by atoms with Gasteiger partial charge < -0.3 is 10.2 Å². The van der Waals surface area contributed by atoms with E-state index in [-0.39, 0.29) is 41.8 Å². The number of amides is 1. The fraction of sp³-hybridized carbons (Fsp3) is 0.647. The van der Waals surface area contributed by atoms with Gasteiger partial charge in [-0.05, 0) is 24.5 Å². The van der Waals surface area contributed by atoms with Crippen molar-refractivity contribution in [2.75, 3.05) is 25.4 Å². The third-order valence-electron chi connectivity index (χ3n) is 5.04. The number of piperazine rings is 1. The summed E-state index contributed by atoms with van der Waals surface area (Å²) in [5.41, 5.74) is 0.983. The second-order valence-corrected chi connectivity index (χ2v) is 9.02. The number of carbonyl (C=O) groups is 1. The van der Waals surface area contributed by atoms with Crippen LogP contribution in [0.3, 0.4) is 0 Å². The minimum Gasteiger partial charge on any atom is -0.333 e. The van der Waals surface area contributed by atoms with E-state index in [4.69, 9.17) is 0 Å². The van der Waals surface area contributed by atoms with E-state index in [1.165, 1.54) is 0 Å². The number of hydrogen-bond acceptors (Lipinski definition) is 5. The van der Waals surface area contributed by atoms with Crippen LogP contribution in [0.2, 0.25) is 0 Å². The lowest BCUT2D eigenvalue weighted by atomic mass is 10.1. The molecule has 1 unspecified atom stereocenters. The highest BCUT2D eigenvalue weighted by Crippen LogP contribution is 2.26. The molecule has 8 heteroatoms. The molecule has 0 aromatic carbocycles. The van der Waals surface area contributed by atoms with Crippen LogP contribution in [0.15, 0.2) is 24.5 Å². The van der Waals surface area contributed by atoms with Gasteiger partial charge in [-0.3, -0.25) is 9.78 Å². The van der Waals surface area contributed by atoms with Crippen LogP contribution in [0.25, 0.3) is 0 Å². The molecule has 2 heterocycles. The molecule has 1 amide bonds. The third-order valence-corrected chi connectivity index (χ3v) is 7.30. The number of carbonyl (C=O) groups excluding carboxylic acids is 1. The van der Waals surface area contributed by atoms with Gasteiger partial charge in [-0.2, -0.15) is 0 Å². The van der Waals surface area contributed by atoms with Gasteiger partial charge in [-0.25, -0.2) is 8.42 Å². The van der Waals surface area contributed by atoms with Crippen LogP contribution in [0.4, 0.5) is 0 Å². The third kappa shape index (κ3) is 4.92. The van der Waals surface area contributed by atoms with Crippen LogP contribution in [0.5, 0.6) is 0 Å². The van der Waals surface area contributed by atoms with Crippen molar-refractivity contribution in [1.82, 2.24) is 15.2 Å². The largest absolute Gasteiger partial charge is 0.333 e. The number of hydrogen-bond donors (Lipinski definition) is 1. The first kappa shape index (κ1) is 20.1. The van der Waals surface area contributed by atoms with E-state index < -0.39 is 9.84 Å². The standard InChI is InChI=1S/C17H25N3O3S.ClH/c21-17(7-11-24(22,23)15-5-1-2-6-15)20-10-9-19-13-16(20)14-4-3-8-18-12-14;/h3-4,8,12,15-16,19H,1-2,5-7,9-11,13H2;1H. The quantitative estimate of drug-likeness (QED) is 0.832. The van der Waals surface area contributed by atoms with E-state index in [9.17, 15) is 13.2 Å². The van der Waals surface area contributed by atoms with Gasteiger partial charge in [0, 0.05) is 38.4 Å². The van der Waals surface area contributed by atoms with Gasteiger partial charge in [0.05, 0.1) is 17.0 Å². The van der Waals surface area contributed by atoms with Crippen LogP contribution in [0, 0.1) is 0 Å². The molecule has 6 nitrogen and oxygen atoms in total. The molecule has 1 aliphatic heterocycles. The summed E-state index contributed by atoms with van der Waals surface area (Å²) >= 11 is 0. The molecule has 1 aromatic rings. The van der Waals surface area contributed by atoms with Gasteiger partial charge in [0.1, 0.15) is 0 Å². The van der Waals surface area contributed by atoms with Crippen molar-refractivity contribution in [3.8, 4) is 0 Å². The lowest BCUT2D eigenvalue weighted by Gasteiger charge is -2.36. The minimum atomic E-state index is -3.15. The van der Waals surface area contributed by atoms with Crippen molar-refractivity contribution in [1.29, 1.82) is 0 Å². The zero-order chi connectivity index (χ0) is 17.0. The van der Waals surface area contributed by atoms with Gasteiger partial charge in [0.2, 0.25) is 5.91 Å². The van der Waals surface area contributed by atoms with Crippen molar-refractivity contribution in [3.63, 3.8) is 0 Å². The highest BCUT2D eigenvalue weighted by Gasteiger charge is 2.32. The summed E-state index contributed by atoms with van der Waals surface area (Å²) in [6, 6.07) is 3.74. The molecule has 1 aromatic heterocycles. The van der Waals surface area contributed by atoms with E-state index in [1.807, 2.05) is 12.1 Å². The Hall–Kier alpha value is -1.18. The van der Waals surface area contributed by atoms with Crippen LogP contribution in [-0.4, -0.2) is 54.8 Å². The molecule has 1 atom stereocenters. The zero-order valence-electron chi connectivity index (χ0n) is 14.3. The van der Waals surface area contributed by atoms with Crippen LogP contribution in [0.1, 0.15) is 43.7 Å². The molecule has 2 fully saturated rings. The number of halogens is 1. The summed E-state index contributed by atoms with van der Waals surface area (Å²) in [7, 11) is -3.15. The van der Waals surface area contributed by atoms with E-state index >= 15 is 0 Å². The predicted octanol–water partition coefficient (Wildman–Crippen LogP) is 1.72. The maximum atomic E-state index is 12.7. The van der Waals surface area contributed by atoms with Gasteiger partial charge in [-0.15, -0.1) is 12.4 Å².